The second kappa shape index (κ2) is 10.9. The summed E-state index contributed by atoms with van der Waals surface area (Å²) in [6.07, 6.45) is 1.91. The Balaban J connectivity index is 1.33. The molecule has 0 fully saturated rings. The SMILES string of the molecule is CC(C)(C)c1cc(-c2cc(-c3ccccc3)ccn2)cc(-c2cccc3c2nc2c4c(O)c(C(C)(C)C)cc5oc6ccc7c(c(n32)=C[Si]7(C)C)c6c54)c1. The summed E-state index contributed by atoms with van der Waals surface area (Å²) in [7, 11) is -1.98. The Morgan fingerprint density at radius 2 is 1.43 bits per heavy atom. The highest BCUT2D eigenvalue weighted by molar-refractivity contribution is 7.03. The van der Waals surface area contributed by atoms with Crippen LogP contribution < -0.4 is 10.5 Å². The lowest BCUT2D eigenvalue weighted by molar-refractivity contribution is 0.452. The van der Waals surface area contributed by atoms with Gasteiger partial charge >= 0.3 is 0 Å². The number of phenolic OH excluding ortho intramolecular Hbond substituents is 1. The lowest BCUT2D eigenvalue weighted by Crippen LogP contribution is -2.36. The van der Waals surface area contributed by atoms with Crippen molar-refractivity contribution in [1.29, 1.82) is 0 Å². The quantitative estimate of drug-likeness (QED) is 0.185. The maximum Gasteiger partial charge on any atom is 0.150 e. The van der Waals surface area contributed by atoms with Gasteiger partial charge in [-0.15, -0.1) is 0 Å². The van der Waals surface area contributed by atoms with Gasteiger partial charge in [0.25, 0.3) is 0 Å². The van der Waals surface area contributed by atoms with Crippen LogP contribution in [0.4, 0.5) is 0 Å². The van der Waals surface area contributed by atoms with Gasteiger partial charge in [-0.3, -0.25) is 9.38 Å². The molecule has 9 aromatic rings. The van der Waals surface area contributed by atoms with Gasteiger partial charge in [0, 0.05) is 44.4 Å². The molecule has 1 N–H and O–H groups in total. The van der Waals surface area contributed by atoms with E-state index in [0.29, 0.717) is 0 Å². The van der Waals surface area contributed by atoms with E-state index in [4.69, 9.17) is 14.4 Å². The third kappa shape index (κ3) is 4.69. The zero-order valence-corrected chi connectivity index (χ0v) is 33.1. The molecule has 5 heterocycles. The number of phenols is 1. The Morgan fingerprint density at radius 1 is 0.667 bits per heavy atom. The summed E-state index contributed by atoms with van der Waals surface area (Å²) in [6.45, 7) is 18.0. The Hall–Kier alpha value is -5.72. The molecule has 0 atom stereocenters. The first-order chi connectivity index (χ1) is 25.7. The van der Waals surface area contributed by atoms with Gasteiger partial charge in [0.05, 0.1) is 22.1 Å². The van der Waals surface area contributed by atoms with Gasteiger partial charge in [0.15, 0.2) is 0 Å². The number of para-hydroxylation sites is 1. The van der Waals surface area contributed by atoms with Crippen molar-refractivity contribution in [2.45, 2.75) is 65.5 Å². The van der Waals surface area contributed by atoms with Crippen LogP contribution >= 0.6 is 0 Å². The minimum Gasteiger partial charge on any atom is -0.507 e. The second-order valence-electron chi connectivity index (χ2n) is 17.8. The van der Waals surface area contributed by atoms with E-state index in [1.807, 2.05) is 18.3 Å². The number of hydrogen-bond acceptors (Lipinski definition) is 4. The molecular weight excluding hydrogens is 679 g/mol. The largest absolute Gasteiger partial charge is 0.507 e. The van der Waals surface area contributed by atoms with E-state index in [2.05, 4.69) is 150 Å². The molecule has 0 saturated heterocycles. The molecule has 0 amide bonds. The van der Waals surface area contributed by atoms with Crippen molar-refractivity contribution in [1.82, 2.24) is 14.4 Å². The van der Waals surface area contributed by atoms with E-state index < -0.39 is 8.07 Å². The fourth-order valence-corrected chi connectivity index (χ4v) is 11.3. The molecular formula is C48H43N3O2Si. The zero-order valence-electron chi connectivity index (χ0n) is 32.1. The van der Waals surface area contributed by atoms with Gasteiger partial charge in [-0.2, -0.15) is 0 Å². The van der Waals surface area contributed by atoms with Gasteiger partial charge in [-0.25, -0.2) is 4.98 Å². The number of aromatic hydroxyl groups is 1. The summed E-state index contributed by atoms with van der Waals surface area (Å²) in [4.78, 5) is 10.5. The fraction of sp³-hybridized carbons (Fsp3) is 0.208. The average Bonchev–Trinajstić information content (AvgIpc) is 3.76. The van der Waals surface area contributed by atoms with Crippen LogP contribution in [0.1, 0.15) is 52.7 Å². The topological polar surface area (TPSA) is 63.6 Å². The summed E-state index contributed by atoms with van der Waals surface area (Å²) in [5.74, 6) is 0.270. The maximum absolute atomic E-state index is 12.4. The zero-order chi connectivity index (χ0) is 37.5. The normalized spacial score (nSPS) is 14.3. The number of rotatable bonds is 3. The molecule has 0 aliphatic carbocycles. The van der Waals surface area contributed by atoms with E-state index in [9.17, 15) is 5.11 Å². The van der Waals surface area contributed by atoms with Crippen molar-refractivity contribution in [3.8, 4) is 39.3 Å². The van der Waals surface area contributed by atoms with Crippen LogP contribution in [-0.4, -0.2) is 27.5 Å². The molecule has 4 aromatic heterocycles. The number of imidazole rings is 1. The molecule has 1 aliphatic heterocycles. The summed E-state index contributed by atoms with van der Waals surface area (Å²) < 4.78 is 8.99. The number of pyridine rings is 1. The molecule has 1 aliphatic rings. The highest BCUT2D eigenvalue weighted by Gasteiger charge is 2.34. The van der Waals surface area contributed by atoms with Gasteiger partial charge in [0.1, 0.15) is 30.6 Å². The van der Waals surface area contributed by atoms with Crippen LogP contribution in [0.5, 0.6) is 5.75 Å². The molecule has 0 unspecified atom stereocenters. The molecule has 10 rings (SSSR count). The van der Waals surface area contributed by atoms with Crippen LogP contribution in [-0.2, 0) is 10.8 Å². The number of furan rings is 1. The Kier molecular flexibility index (Phi) is 6.65. The average molecular weight is 722 g/mol. The minimum absolute atomic E-state index is 0.108. The summed E-state index contributed by atoms with van der Waals surface area (Å²) in [5.41, 5.74) is 14.9. The molecule has 0 bridgehead atoms. The van der Waals surface area contributed by atoms with E-state index in [1.165, 1.54) is 16.1 Å². The predicted octanol–water partition coefficient (Wildman–Crippen LogP) is 11.2. The van der Waals surface area contributed by atoms with Crippen LogP contribution in [0, 0.1) is 0 Å². The van der Waals surface area contributed by atoms with Crippen LogP contribution in [0.15, 0.2) is 108 Å². The predicted molar refractivity (Wildman–Crippen MR) is 227 cm³/mol. The number of hydrogen-bond donors (Lipinski definition) is 1. The third-order valence-corrected chi connectivity index (χ3v) is 14.4. The third-order valence-electron chi connectivity index (χ3n) is 11.6. The van der Waals surface area contributed by atoms with Crippen molar-refractivity contribution in [3.63, 3.8) is 0 Å². The van der Waals surface area contributed by atoms with E-state index in [-0.39, 0.29) is 16.6 Å². The van der Waals surface area contributed by atoms with Crippen LogP contribution in [0.2, 0.25) is 13.1 Å². The van der Waals surface area contributed by atoms with E-state index in [0.717, 1.165) is 88.4 Å². The number of fused-ring (bicyclic) bond motifs is 5. The monoisotopic (exact) mass is 721 g/mol. The van der Waals surface area contributed by atoms with Gasteiger partial charge in [-0.1, -0.05) is 115 Å². The molecule has 266 valence electrons. The standard InChI is InChI=1S/C48H43N3O2Si/c1-47(2,3)31-22-29(21-30(23-31)34-24-28(19-20-49-34)27-13-10-9-11-14-27)32-15-12-16-35-44(32)50-46-43-42-38(25-33(45(43)52)48(4,5)6)53-37-17-18-39-40(41(37)42)36(51(35)46)26-54(39,7)8/h9-26,52H,1-8H3. The Bertz CT molecular complexity index is 3100. The Morgan fingerprint density at radius 3 is 2.19 bits per heavy atom. The summed E-state index contributed by atoms with van der Waals surface area (Å²) in [5, 5.41) is 18.9. The fourth-order valence-electron chi connectivity index (χ4n) is 8.78. The summed E-state index contributed by atoms with van der Waals surface area (Å²) in [6, 6.07) is 34.6. The van der Waals surface area contributed by atoms with E-state index >= 15 is 0 Å². The number of nitrogens with zero attached hydrogens (tertiary/aromatic N) is 3. The van der Waals surface area contributed by atoms with Crippen molar-refractivity contribution in [2.75, 3.05) is 0 Å². The van der Waals surface area contributed by atoms with Gasteiger partial charge in [0.2, 0.25) is 0 Å². The van der Waals surface area contributed by atoms with Crippen molar-refractivity contribution in [2.24, 2.45) is 0 Å². The molecule has 0 spiro atoms. The molecule has 0 saturated carbocycles. The van der Waals surface area contributed by atoms with Crippen molar-refractivity contribution >= 4 is 68.4 Å². The first-order valence-corrected chi connectivity index (χ1v) is 22.0. The molecule has 0 radical (unpaired) electrons. The molecule has 5 aromatic carbocycles. The molecule has 6 heteroatoms. The second-order valence-corrected chi connectivity index (χ2v) is 22.0. The van der Waals surface area contributed by atoms with E-state index in [1.54, 1.807) is 0 Å². The number of aromatic nitrogens is 3. The van der Waals surface area contributed by atoms with Crippen LogP contribution in [0.3, 0.4) is 0 Å². The van der Waals surface area contributed by atoms with Gasteiger partial charge in [-0.05, 0) is 80.7 Å². The molecule has 54 heavy (non-hydrogen) atoms. The highest BCUT2D eigenvalue weighted by Crippen LogP contribution is 2.47. The molecule has 5 nitrogen and oxygen atoms in total. The number of benzene rings is 5. The van der Waals surface area contributed by atoms with Crippen molar-refractivity contribution in [3.05, 3.63) is 120 Å². The Labute approximate surface area is 315 Å². The van der Waals surface area contributed by atoms with Crippen LogP contribution in [0.25, 0.3) is 88.6 Å². The first kappa shape index (κ1) is 32.9. The lowest BCUT2D eigenvalue weighted by atomic mass is 9.83. The van der Waals surface area contributed by atoms with Gasteiger partial charge < -0.3 is 9.52 Å². The first-order valence-electron chi connectivity index (χ1n) is 18.9. The highest BCUT2D eigenvalue weighted by atomic mass is 28.3. The smallest absolute Gasteiger partial charge is 0.150 e. The summed E-state index contributed by atoms with van der Waals surface area (Å²) >= 11 is 0. The maximum atomic E-state index is 12.4. The lowest BCUT2D eigenvalue weighted by Gasteiger charge is -2.22. The van der Waals surface area contributed by atoms with Crippen molar-refractivity contribution < 1.29 is 9.52 Å². The minimum atomic E-state index is -1.98.